The molecular formula is C13H18BrNO4S. The normalized spacial score (nSPS) is 14.6. The molecule has 1 aromatic rings. The molecule has 0 bridgehead atoms. The van der Waals surface area contributed by atoms with E-state index in [0.717, 1.165) is 0 Å². The highest BCUT2D eigenvalue weighted by atomic mass is 79.9. The maximum atomic E-state index is 12.3. The number of methoxy groups -OCH3 is 1. The van der Waals surface area contributed by atoms with Crippen molar-refractivity contribution in [3.8, 4) is 0 Å². The van der Waals surface area contributed by atoms with Crippen molar-refractivity contribution in [2.75, 3.05) is 7.11 Å². The minimum atomic E-state index is -3.77. The molecule has 0 radical (unpaired) electrons. The van der Waals surface area contributed by atoms with Crippen LogP contribution in [0.2, 0.25) is 0 Å². The molecule has 112 valence electrons. The van der Waals surface area contributed by atoms with Crippen LogP contribution in [-0.2, 0) is 19.6 Å². The summed E-state index contributed by atoms with van der Waals surface area (Å²) in [5.41, 5.74) is 0. The number of nitrogens with one attached hydrogen (secondary N) is 1. The Hall–Kier alpha value is -0.920. The lowest BCUT2D eigenvalue weighted by Crippen LogP contribution is -2.45. The van der Waals surface area contributed by atoms with E-state index in [1.54, 1.807) is 19.1 Å². The van der Waals surface area contributed by atoms with E-state index in [4.69, 9.17) is 0 Å². The molecule has 1 rings (SSSR count). The number of carbonyl (C=O) groups excluding carboxylic acids is 1. The van der Waals surface area contributed by atoms with Gasteiger partial charge in [-0.3, -0.25) is 4.79 Å². The number of ether oxygens (including phenoxy) is 1. The summed E-state index contributed by atoms with van der Waals surface area (Å²) in [4.78, 5) is 11.8. The Morgan fingerprint density at radius 1 is 1.45 bits per heavy atom. The molecule has 2 atom stereocenters. The van der Waals surface area contributed by atoms with Crippen LogP contribution >= 0.6 is 15.9 Å². The zero-order chi connectivity index (χ0) is 15.3. The van der Waals surface area contributed by atoms with E-state index in [1.165, 1.54) is 19.2 Å². The van der Waals surface area contributed by atoms with Crippen LogP contribution < -0.4 is 4.72 Å². The molecule has 0 saturated carbocycles. The standard InChI is InChI=1S/C13H18BrNO4S/c1-4-9(2)12(13(16)19-3)15-20(17,18)11-7-5-6-10(14)8-11/h5-9,12,15H,4H2,1-3H3. The first-order valence-electron chi connectivity index (χ1n) is 6.17. The number of hydrogen-bond donors (Lipinski definition) is 1. The highest BCUT2D eigenvalue weighted by molar-refractivity contribution is 9.10. The number of rotatable bonds is 6. The number of sulfonamides is 1. The van der Waals surface area contributed by atoms with E-state index in [9.17, 15) is 13.2 Å². The molecule has 1 aromatic carbocycles. The molecule has 0 amide bonds. The summed E-state index contributed by atoms with van der Waals surface area (Å²) < 4.78 is 32.3. The monoisotopic (exact) mass is 363 g/mol. The molecule has 5 nitrogen and oxygen atoms in total. The Morgan fingerprint density at radius 2 is 2.10 bits per heavy atom. The van der Waals surface area contributed by atoms with Crippen LogP contribution in [0.25, 0.3) is 0 Å². The van der Waals surface area contributed by atoms with Gasteiger partial charge in [-0.2, -0.15) is 4.72 Å². The van der Waals surface area contributed by atoms with Gasteiger partial charge in [-0.25, -0.2) is 8.42 Å². The second kappa shape index (κ2) is 7.19. The highest BCUT2D eigenvalue weighted by Gasteiger charge is 2.30. The molecule has 0 fully saturated rings. The quantitative estimate of drug-likeness (QED) is 0.787. The predicted octanol–water partition coefficient (Wildman–Crippen LogP) is 2.32. The summed E-state index contributed by atoms with van der Waals surface area (Å²) in [5, 5.41) is 0. The fraction of sp³-hybridized carbons (Fsp3) is 0.462. The Bertz CT molecular complexity index is 573. The van der Waals surface area contributed by atoms with Crippen LogP contribution in [-0.4, -0.2) is 27.5 Å². The molecule has 20 heavy (non-hydrogen) atoms. The van der Waals surface area contributed by atoms with Crippen LogP contribution in [0.4, 0.5) is 0 Å². The maximum absolute atomic E-state index is 12.3. The first-order valence-corrected chi connectivity index (χ1v) is 8.45. The molecule has 7 heteroatoms. The lowest BCUT2D eigenvalue weighted by atomic mass is 10.0. The van der Waals surface area contributed by atoms with Crippen molar-refractivity contribution < 1.29 is 17.9 Å². The lowest BCUT2D eigenvalue weighted by molar-refractivity contribution is -0.143. The largest absolute Gasteiger partial charge is 0.468 e. The van der Waals surface area contributed by atoms with E-state index in [2.05, 4.69) is 25.4 Å². The second-order valence-electron chi connectivity index (χ2n) is 4.47. The number of carbonyl (C=O) groups is 1. The fourth-order valence-corrected chi connectivity index (χ4v) is 3.52. The van der Waals surface area contributed by atoms with E-state index in [-0.39, 0.29) is 10.8 Å². The van der Waals surface area contributed by atoms with Gasteiger partial charge in [0.15, 0.2) is 0 Å². The molecule has 0 spiro atoms. The molecule has 0 aliphatic heterocycles. The van der Waals surface area contributed by atoms with Crippen molar-refractivity contribution in [3.63, 3.8) is 0 Å². The first-order chi connectivity index (χ1) is 9.31. The van der Waals surface area contributed by atoms with Crippen molar-refractivity contribution in [1.29, 1.82) is 0 Å². The van der Waals surface area contributed by atoms with Crippen molar-refractivity contribution in [1.82, 2.24) is 4.72 Å². The number of hydrogen-bond acceptors (Lipinski definition) is 4. The molecule has 2 unspecified atom stereocenters. The van der Waals surface area contributed by atoms with Crippen molar-refractivity contribution >= 4 is 31.9 Å². The molecule has 0 saturated heterocycles. The van der Waals surface area contributed by atoms with E-state index >= 15 is 0 Å². The van der Waals surface area contributed by atoms with Gasteiger partial charge in [0, 0.05) is 4.47 Å². The predicted molar refractivity (Wildman–Crippen MR) is 79.7 cm³/mol. The van der Waals surface area contributed by atoms with Crippen LogP contribution in [0, 0.1) is 5.92 Å². The zero-order valence-corrected chi connectivity index (χ0v) is 14.0. The molecule has 1 N–H and O–H groups in total. The SMILES string of the molecule is CCC(C)C(NS(=O)(=O)c1cccc(Br)c1)C(=O)OC. The number of halogens is 1. The topological polar surface area (TPSA) is 72.5 Å². The van der Waals surface area contributed by atoms with Crippen molar-refractivity contribution in [3.05, 3.63) is 28.7 Å². The number of esters is 1. The van der Waals surface area contributed by atoms with Crippen LogP contribution in [0.5, 0.6) is 0 Å². The molecular weight excluding hydrogens is 346 g/mol. The molecule has 0 aliphatic rings. The Morgan fingerprint density at radius 3 is 2.60 bits per heavy atom. The average molecular weight is 364 g/mol. The second-order valence-corrected chi connectivity index (χ2v) is 7.09. The summed E-state index contributed by atoms with van der Waals surface area (Å²) >= 11 is 3.22. The van der Waals surface area contributed by atoms with E-state index in [0.29, 0.717) is 10.9 Å². The Kier molecular flexibility index (Phi) is 6.16. The first kappa shape index (κ1) is 17.1. The van der Waals surface area contributed by atoms with Gasteiger partial charge in [-0.1, -0.05) is 42.3 Å². The molecule has 0 heterocycles. The minimum absolute atomic E-state index is 0.101. The Labute approximate surface area is 127 Å². The average Bonchev–Trinajstić information content (AvgIpc) is 2.43. The summed E-state index contributed by atoms with van der Waals surface area (Å²) in [6.07, 6.45) is 0.654. The van der Waals surface area contributed by atoms with Gasteiger partial charge in [-0.15, -0.1) is 0 Å². The fourth-order valence-electron chi connectivity index (χ4n) is 1.63. The Balaban J connectivity index is 3.06. The lowest BCUT2D eigenvalue weighted by Gasteiger charge is -2.21. The van der Waals surface area contributed by atoms with E-state index in [1.807, 2.05) is 6.92 Å². The summed E-state index contributed by atoms with van der Waals surface area (Å²) in [6.45, 7) is 3.68. The van der Waals surface area contributed by atoms with Gasteiger partial charge in [0.1, 0.15) is 6.04 Å². The molecule has 0 aromatic heterocycles. The van der Waals surface area contributed by atoms with Gasteiger partial charge in [-0.05, 0) is 24.1 Å². The van der Waals surface area contributed by atoms with Gasteiger partial charge < -0.3 is 4.74 Å². The summed E-state index contributed by atoms with van der Waals surface area (Å²) in [7, 11) is -2.53. The van der Waals surface area contributed by atoms with Gasteiger partial charge in [0.05, 0.1) is 12.0 Å². The van der Waals surface area contributed by atoms with Crippen LogP contribution in [0.3, 0.4) is 0 Å². The van der Waals surface area contributed by atoms with E-state index < -0.39 is 22.0 Å². The molecule has 0 aliphatic carbocycles. The van der Waals surface area contributed by atoms with Gasteiger partial charge in [0.25, 0.3) is 0 Å². The maximum Gasteiger partial charge on any atom is 0.324 e. The third-order valence-electron chi connectivity index (χ3n) is 3.06. The third kappa shape index (κ3) is 4.29. The highest BCUT2D eigenvalue weighted by Crippen LogP contribution is 2.18. The third-order valence-corrected chi connectivity index (χ3v) is 4.99. The smallest absolute Gasteiger partial charge is 0.324 e. The minimum Gasteiger partial charge on any atom is -0.468 e. The van der Waals surface area contributed by atoms with Gasteiger partial charge in [0.2, 0.25) is 10.0 Å². The van der Waals surface area contributed by atoms with Crippen molar-refractivity contribution in [2.45, 2.75) is 31.2 Å². The van der Waals surface area contributed by atoms with Gasteiger partial charge >= 0.3 is 5.97 Å². The summed E-state index contributed by atoms with van der Waals surface area (Å²) in [6, 6.07) is 5.40. The van der Waals surface area contributed by atoms with Crippen LogP contribution in [0.15, 0.2) is 33.6 Å². The summed E-state index contributed by atoms with van der Waals surface area (Å²) in [5.74, 6) is -0.748. The number of benzene rings is 1. The van der Waals surface area contributed by atoms with Crippen LogP contribution in [0.1, 0.15) is 20.3 Å². The zero-order valence-electron chi connectivity index (χ0n) is 11.6. The van der Waals surface area contributed by atoms with Crippen molar-refractivity contribution in [2.24, 2.45) is 5.92 Å².